The molecule has 0 radical (unpaired) electrons. The Morgan fingerprint density at radius 2 is 1.90 bits per heavy atom. The standard InChI is InChI=1S/C15H26N2O4/c1-2-12-9-17(15(18)14-11-20-7-8-21-14)10-13(12)16-3-5-19-6-4-16/h12-14H,2-11H2,1H3. The number of amides is 1. The van der Waals surface area contributed by atoms with Crippen LogP contribution in [0.5, 0.6) is 0 Å². The Hall–Kier alpha value is -0.690. The van der Waals surface area contributed by atoms with E-state index in [1.54, 1.807) is 0 Å². The van der Waals surface area contributed by atoms with Crippen LogP contribution in [0.1, 0.15) is 13.3 Å². The molecule has 3 aliphatic heterocycles. The molecule has 0 aromatic rings. The van der Waals surface area contributed by atoms with E-state index >= 15 is 0 Å². The van der Waals surface area contributed by atoms with E-state index < -0.39 is 6.10 Å². The van der Waals surface area contributed by atoms with E-state index in [4.69, 9.17) is 14.2 Å². The van der Waals surface area contributed by atoms with Crippen molar-refractivity contribution in [1.82, 2.24) is 9.80 Å². The van der Waals surface area contributed by atoms with Gasteiger partial charge in [-0.05, 0) is 5.92 Å². The summed E-state index contributed by atoms with van der Waals surface area (Å²) in [5, 5.41) is 0. The fraction of sp³-hybridized carbons (Fsp3) is 0.933. The maximum absolute atomic E-state index is 12.6. The summed E-state index contributed by atoms with van der Waals surface area (Å²) in [6.07, 6.45) is 0.702. The molecule has 0 aliphatic carbocycles. The van der Waals surface area contributed by atoms with Gasteiger partial charge in [-0.15, -0.1) is 0 Å². The fourth-order valence-electron chi connectivity index (χ4n) is 3.59. The molecule has 6 nitrogen and oxygen atoms in total. The largest absolute Gasteiger partial charge is 0.379 e. The predicted octanol–water partition coefficient (Wildman–Crippen LogP) is -0.0290. The molecule has 120 valence electrons. The average Bonchev–Trinajstić information content (AvgIpc) is 3.00. The van der Waals surface area contributed by atoms with Gasteiger partial charge < -0.3 is 19.1 Å². The highest BCUT2D eigenvalue weighted by molar-refractivity contribution is 5.81. The van der Waals surface area contributed by atoms with Gasteiger partial charge in [-0.2, -0.15) is 0 Å². The number of carbonyl (C=O) groups excluding carboxylic acids is 1. The second kappa shape index (κ2) is 7.05. The molecule has 0 saturated carbocycles. The van der Waals surface area contributed by atoms with E-state index in [9.17, 15) is 4.79 Å². The molecule has 3 heterocycles. The molecule has 3 saturated heterocycles. The molecule has 3 rings (SSSR count). The summed E-state index contributed by atoms with van der Waals surface area (Å²) in [6, 6.07) is 0.465. The monoisotopic (exact) mass is 298 g/mol. The van der Waals surface area contributed by atoms with Gasteiger partial charge in [0, 0.05) is 32.2 Å². The number of nitrogens with zero attached hydrogens (tertiary/aromatic N) is 2. The van der Waals surface area contributed by atoms with Gasteiger partial charge in [0.1, 0.15) is 0 Å². The molecule has 3 aliphatic rings. The second-order valence-corrected chi connectivity index (χ2v) is 6.06. The zero-order valence-corrected chi connectivity index (χ0v) is 12.8. The summed E-state index contributed by atoms with van der Waals surface area (Å²) in [5.41, 5.74) is 0. The predicted molar refractivity (Wildman–Crippen MR) is 77.1 cm³/mol. The van der Waals surface area contributed by atoms with Crippen molar-refractivity contribution in [1.29, 1.82) is 0 Å². The highest BCUT2D eigenvalue weighted by atomic mass is 16.6. The zero-order valence-electron chi connectivity index (χ0n) is 12.8. The average molecular weight is 298 g/mol. The normalized spacial score (nSPS) is 35.1. The Kier molecular flexibility index (Phi) is 5.11. The van der Waals surface area contributed by atoms with E-state index in [1.165, 1.54) is 0 Å². The first-order valence-electron chi connectivity index (χ1n) is 8.09. The minimum Gasteiger partial charge on any atom is -0.379 e. The molecule has 3 atom stereocenters. The Balaban J connectivity index is 1.61. The molecule has 0 N–H and O–H groups in total. The van der Waals surface area contributed by atoms with Crippen LogP contribution in [0.15, 0.2) is 0 Å². The summed E-state index contributed by atoms with van der Waals surface area (Å²) in [5.74, 6) is 0.653. The molecule has 0 aromatic carbocycles. The lowest BCUT2D eigenvalue weighted by molar-refractivity contribution is -0.157. The summed E-state index contributed by atoms with van der Waals surface area (Å²) < 4.78 is 16.4. The molecule has 3 fully saturated rings. The van der Waals surface area contributed by atoms with Crippen molar-refractivity contribution in [2.24, 2.45) is 5.92 Å². The van der Waals surface area contributed by atoms with Crippen LogP contribution in [0.2, 0.25) is 0 Å². The van der Waals surface area contributed by atoms with E-state index in [1.807, 2.05) is 4.90 Å². The SMILES string of the molecule is CCC1CN(C(=O)C2COCCO2)CC1N1CCOCC1. The lowest BCUT2D eigenvalue weighted by atomic mass is 9.99. The van der Waals surface area contributed by atoms with Gasteiger partial charge in [-0.25, -0.2) is 0 Å². The third kappa shape index (κ3) is 3.39. The fourth-order valence-corrected chi connectivity index (χ4v) is 3.59. The van der Waals surface area contributed by atoms with E-state index in [0.29, 0.717) is 31.8 Å². The third-order valence-corrected chi connectivity index (χ3v) is 4.85. The highest BCUT2D eigenvalue weighted by Gasteiger charge is 2.40. The Bertz CT molecular complexity index is 354. The Morgan fingerprint density at radius 1 is 1.10 bits per heavy atom. The highest BCUT2D eigenvalue weighted by Crippen LogP contribution is 2.26. The van der Waals surface area contributed by atoms with E-state index in [0.717, 1.165) is 45.8 Å². The van der Waals surface area contributed by atoms with Crippen molar-refractivity contribution >= 4 is 5.91 Å². The number of hydrogen-bond acceptors (Lipinski definition) is 5. The maximum Gasteiger partial charge on any atom is 0.254 e. The van der Waals surface area contributed by atoms with Crippen molar-refractivity contribution in [3.05, 3.63) is 0 Å². The Morgan fingerprint density at radius 3 is 2.57 bits per heavy atom. The van der Waals surface area contributed by atoms with Gasteiger partial charge in [-0.3, -0.25) is 9.69 Å². The number of carbonyl (C=O) groups is 1. The minimum absolute atomic E-state index is 0.101. The number of rotatable bonds is 3. The van der Waals surface area contributed by atoms with Gasteiger partial charge in [0.15, 0.2) is 6.10 Å². The van der Waals surface area contributed by atoms with Crippen LogP contribution >= 0.6 is 0 Å². The summed E-state index contributed by atoms with van der Waals surface area (Å²) in [6.45, 7) is 8.96. The molecular formula is C15H26N2O4. The Labute approximate surface area is 126 Å². The number of hydrogen-bond donors (Lipinski definition) is 0. The lowest BCUT2D eigenvalue weighted by Crippen LogP contribution is -2.48. The first kappa shape index (κ1) is 15.2. The minimum atomic E-state index is -0.403. The first-order chi connectivity index (χ1) is 10.3. The second-order valence-electron chi connectivity index (χ2n) is 6.06. The molecule has 0 spiro atoms. The van der Waals surface area contributed by atoms with Crippen LogP contribution in [0.4, 0.5) is 0 Å². The van der Waals surface area contributed by atoms with Gasteiger partial charge in [0.25, 0.3) is 5.91 Å². The smallest absolute Gasteiger partial charge is 0.254 e. The van der Waals surface area contributed by atoms with Crippen LogP contribution in [0.3, 0.4) is 0 Å². The molecule has 6 heteroatoms. The van der Waals surface area contributed by atoms with Crippen LogP contribution in [0.25, 0.3) is 0 Å². The van der Waals surface area contributed by atoms with E-state index in [-0.39, 0.29) is 5.91 Å². The third-order valence-electron chi connectivity index (χ3n) is 4.85. The van der Waals surface area contributed by atoms with Gasteiger partial charge >= 0.3 is 0 Å². The van der Waals surface area contributed by atoms with Crippen molar-refractivity contribution < 1.29 is 19.0 Å². The molecule has 0 bridgehead atoms. The van der Waals surface area contributed by atoms with Crippen LogP contribution < -0.4 is 0 Å². The molecule has 1 amide bonds. The van der Waals surface area contributed by atoms with E-state index in [2.05, 4.69) is 11.8 Å². The molecule has 21 heavy (non-hydrogen) atoms. The molecule has 3 unspecified atom stereocenters. The van der Waals surface area contributed by atoms with Crippen molar-refractivity contribution in [3.8, 4) is 0 Å². The first-order valence-corrected chi connectivity index (χ1v) is 8.09. The van der Waals surface area contributed by atoms with Crippen LogP contribution in [-0.2, 0) is 19.0 Å². The maximum atomic E-state index is 12.6. The van der Waals surface area contributed by atoms with Gasteiger partial charge in [0.2, 0.25) is 0 Å². The zero-order chi connectivity index (χ0) is 14.7. The topological polar surface area (TPSA) is 51.2 Å². The summed E-state index contributed by atoms with van der Waals surface area (Å²) in [7, 11) is 0. The van der Waals surface area contributed by atoms with Gasteiger partial charge in [-0.1, -0.05) is 13.3 Å². The van der Waals surface area contributed by atoms with Gasteiger partial charge in [0.05, 0.1) is 33.0 Å². The van der Waals surface area contributed by atoms with Crippen molar-refractivity contribution in [2.75, 3.05) is 59.2 Å². The summed E-state index contributed by atoms with van der Waals surface area (Å²) >= 11 is 0. The lowest BCUT2D eigenvalue weighted by Gasteiger charge is -2.34. The van der Waals surface area contributed by atoms with Crippen molar-refractivity contribution in [3.63, 3.8) is 0 Å². The number of likely N-dealkylation sites (tertiary alicyclic amines) is 1. The van der Waals surface area contributed by atoms with Crippen molar-refractivity contribution in [2.45, 2.75) is 25.5 Å². The quantitative estimate of drug-likeness (QED) is 0.732. The summed E-state index contributed by atoms with van der Waals surface area (Å²) in [4.78, 5) is 17.0. The molecular weight excluding hydrogens is 272 g/mol. The number of ether oxygens (including phenoxy) is 3. The van der Waals surface area contributed by atoms with Crippen LogP contribution in [0, 0.1) is 5.92 Å². The number of morpholine rings is 1. The molecule has 0 aromatic heterocycles. The van der Waals surface area contributed by atoms with Crippen LogP contribution in [-0.4, -0.2) is 87.1 Å².